The van der Waals surface area contributed by atoms with E-state index in [1.165, 1.54) is 32.2 Å². The molecule has 4 heteroatoms. The van der Waals surface area contributed by atoms with Crippen LogP contribution in [0, 0.1) is 5.92 Å². The molecule has 0 spiro atoms. The molecule has 1 rings (SSSR count). The van der Waals surface area contributed by atoms with Crippen molar-refractivity contribution in [2.75, 3.05) is 31.7 Å². The number of methoxy groups -OCH3 is 1. The second-order valence-electron chi connectivity index (χ2n) is 3.61. The van der Waals surface area contributed by atoms with Crippen LogP contribution in [0.1, 0.15) is 19.3 Å². The fraction of sp³-hybridized carbons (Fsp3) is 0.900. The second kappa shape index (κ2) is 7.12. The predicted octanol–water partition coefficient (Wildman–Crippen LogP) is 1.28. The normalized spacial score (nSPS) is 21.9. The minimum Gasteiger partial charge on any atom is -0.469 e. The maximum atomic E-state index is 10.8. The maximum Gasteiger partial charge on any atom is 0.306 e. The van der Waals surface area contributed by atoms with E-state index in [-0.39, 0.29) is 5.97 Å². The molecule has 0 radical (unpaired) electrons. The number of hydrogen-bond donors (Lipinski definition) is 1. The lowest BCUT2D eigenvalue weighted by Gasteiger charge is -2.22. The standard InChI is InChI=1S/C10H19NO2S/c1-13-10(12)4-6-14-8-9-3-2-5-11-7-9/h9,11H,2-8H2,1H3. The number of rotatable bonds is 5. The second-order valence-corrected chi connectivity index (χ2v) is 4.76. The average Bonchev–Trinajstić information content (AvgIpc) is 2.25. The smallest absolute Gasteiger partial charge is 0.306 e. The first-order valence-electron chi connectivity index (χ1n) is 5.18. The quantitative estimate of drug-likeness (QED) is 0.556. The fourth-order valence-electron chi connectivity index (χ4n) is 1.57. The molecule has 0 bridgehead atoms. The van der Waals surface area contributed by atoms with Crippen molar-refractivity contribution in [3.8, 4) is 0 Å². The molecule has 0 aromatic carbocycles. The Balaban J connectivity index is 1.94. The molecule has 1 N–H and O–H groups in total. The molecular weight excluding hydrogens is 198 g/mol. The first kappa shape index (κ1) is 11.9. The molecule has 0 aliphatic carbocycles. The number of hydrogen-bond acceptors (Lipinski definition) is 4. The summed E-state index contributed by atoms with van der Waals surface area (Å²) < 4.78 is 4.58. The van der Waals surface area contributed by atoms with E-state index in [0.717, 1.165) is 18.2 Å². The highest BCUT2D eigenvalue weighted by atomic mass is 32.2. The highest BCUT2D eigenvalue weighted by molar-refractivity contribution is 7.99. The summed E-state index contributed by atoms with van der Waals surface area (Å²) in [4.78, 5) is 10.8. The largest absolute Gasteiger partial charge is 0.469 e. The number of esters is 1. The van der Waals surface area contributed by atoms with Gasteiger partial charge in [-0.2, -0.15) is 11.8 Å². The monoisotopic (exact) mass is 217 g/mol. The van der Waals surface area contributed by atoms with Crippen LogP contribution in [-0.4, -0.2) is 37.7 Å². The molecule has 0 aromatic heterocycles. The Morgan fingerprint density at radius 2 is 2.50 bits per heavy atom. The molecule has 1 fully saturated rings. The average molecular weight is 217 g/mol. The van der Waals surface area contributed by atoms with E-state index in [2.05, 4.69) is 10.1 Å². The summed E-state index contributed by atoms with van der Waals surface area (Å²) in [5.74, 6) is 2.76. The summed E-state index contributed by atoms with van der Waals surface area (Å²) in [6.07, 6.45) is 3.17. The molecule has 14 heavy (non-hydrogen) atoms. The van der Waals surface area contributed by atoms with Gasteiger partial charge in [0.25, 0.3) is 0 Å². The summed E-state index contributed by atoms with van der Waals surface area (Å²) in [5, 5.41) is 3.39. The van der Waals surface area contributed by atoms with Gasteiger partial charge in [-0.05, 0) is 37.6 Å². The van der Waals surface area contributed by atoms with Crippen LogP contribution in [0.3, 0.4) is 0 Å². The first-order chi connectivity index (χ1) is 6.83. The van der Waals surface area contributed by atoms with E-state index in [4.69, 9.17) is 0 Å². The van der Waals surface area contributed by atoms with E-state index in [9.17, 15) is 4.79 Å². The van der Waals surface area contributed by atoms with Crippen molar-refractivity contribution >= 4 is 17.7 Å². The summed E-state index contributed by atoms with van der Waals surface area (Å²) in [6.45, 7) is 2.31. The van der Waals surface area contributed by atoms with Gasteiger partial charge in [-0.3, -0.25) is 4.79 Å². The summed E-state index contributed by atoms with van der Waals surface area (Å²) in [7, 11) is 1.44. The van der Waals surface area contributed by atoms with E-state index in [1.807, 2.05) is 11.8 Å². The molecule has 1 aliphatic rings. The third-order valence-corrected chi connectivity index (χ3v) is 3.63. The van der Waals surface area contributed by atoms with Crippen LogP contribution in [0.2, 0.25) is 0 Å². The number of nitrogens with one attached hydrogen (secondary N) is 1. The Labute approximate surface area is 90.0 Å². The van der Waals surface area contributed by atoms with Gasteiger partial charge in [0.15, 0.2) is 0 Å². The number of carbonyl (C=O) groups excluding carboxylic acids is 1. The van der Waals surface area contributed by atoms with E-state index in [1.54, 1.807) is 0 Å². The Morgan fingerprint density at radius 1 is 1.64 bits per heavy atom. The van der Waals surface area contributed by atoms with Gasteiger partial charge in [0, 0.05) is 5.75 Å². The highest BCUT2D eigenvalue weighted by Crippen LogP contribution is 2.16. The zero-order valence-electron chi connectivity index (χ0n) is 8.75. The Bertz CT molecular complexity index is 170. The predicted molar refractivity (Wildman–Crippen MR) is 59.6 cm³/mol. The number of carbonyl (C=O) groups is 1. The van der Waals surface area contributed by atoms with Gasteiger partial charge in [0.05, 0.1) is 13.5 Å². The lowest BCUT2D eigenvalue weighted by molar-refractivity contribution is -0.140. The van der Waals surface area contributed by atoms with Crippen LogP contribution in [0.15, 0.2) is 0 Å². The van der Waals surface area contributed by atoms with Crippen molar-refractivity contribution in [2.45, 2.75) is 19.3 Å². The minimum absolute atomic E-state index is 0.0979. The van der Waals surface area contributed by atoms with Crippen LogP contribution >= 0.6 is 11.8 Å². The number of piperidine rings is 1. The summed E-state index contributed by atoms with van der Waals surface area (Å²) in [5.41, 5.74) is 0. The van der Waals surface area contributed by atoms with Gasteiger partial charge in [0.1, 0.15) is 0 Å². The van der Waals surface area contributed by atoms with E-state index in [0.29, 0.717) is 6.42 Å². The van der Waals surface area contributed by atoms with Gasteiger partial charge in [0.2, 0.25) is 0 Å². The Kier molecular flexibility index (Phi) is 6.03. The first-order valence-corrected chi connectivity index (χ1v) is 6.33. The zero-order valence-corrected chi connectivity index (χ0v) is 9.57. The topological polar surface area (TPSA) is 38.3 Å². The molecule has 0 aromatic rings. The molecule has 1 atom stereocenters. The van der Waals surface area contributed by atoms with Gasteiger partial charge in [-0.25, -0.2) is 0 Å². The Morgan fingerprint density at radius 3 is 3.14 bits per heavy atom. The van der Waals surface area contributed by atoms with E-state index >= 15 is 0 Å². The van der Waals surface area contributed by atoms with Crippen molar-refractivity contribution in [1.82, 2.24) is 5.32 Å². The number of ether oxygens (including phenoxy) is 1. The molecule has 1 aliphatic heterocycles. The van der Waals surface area contributed by atoms with E-state index < -0.39 is 0 Å². The van der Waals surface area contributed by atoms with Gasteiger partial charge in [-0.15, -0.1) is 0 Å². The maximum absolute atomic E-state index is 10.8. The molecule has 82 valence electrons. The molecule has 1 unspecified atom stereocenters. The highest BCUT2D eigenvalue weighted by Gasteiger charge is 2.12. The molecule has 0 saturated carbocycles. The van der Waals surface area contributed by atoms with Crippen molar-refractivity contribution in [3.63, 3.8) is 0 Å². The van der Waals surface area contributed by atoms with Crippen LogP contribution in [-0.2, 0) is 9.53 Å². The van der Waals surface area contributed by atoms with Crippen LogP contribution in [0.4, 0.5) is 0 Å². The summed E-state index contributed by atoms with van der Waals surface area (Å²) in [6, 6.07) is 0. The zero-order chi connectivity index (χ0) is 10.2. The molecule has 3 nitrogen and oxygen atoms in total. The molecular formula is C10H19NO2S. The van der Waals surface area contributed by atoms with Crippen LogP contribution < -0.4 is 5.32 Å². The van der Waals surface area contributed by atoms with Gasteiger partial charge >= 0.3 is 5.97 Å². The summed E-state index contributed by atoms with van der Waals surface area (Å²) >= 11 is 1.86. The van der Waals surface area contributed by atoms with Gasteiger partial charge < -0.3 is 10.1 Å². The third kappa shape index (κ3) is 4.86. The fourth-order valence-corrected chi connectivity index (χ4v) is 2.67. The SMILES string of the molecule is COC(=O)CCSCC1CCCNC1. The van der Waals surface area contributed by atoms with Crippen molar-refractivity contribution in [2.24, 2.45) is 5.92 Å². The van der Waals surface area contributed by atoms with Crippen molar-refractivity contribution in [1.29, 1.82) is 0 Å². The van der Waals surface area contributed by atoms with Crippen LogP contribution in [0.5, 0.6) is 0 Å². The molecule has 0 amide bonds. The minimum atomic E-state index is -0.0979. The molecule has 1 heterocycles. The molecule has 1 saturated heterocycles. The van der Waals surface area contributed by atoms with Gasteiger partial charge in [-0.1, -0.05) is 0 Å². The number of thioether (sulfide) groups is 1. The van der Waals surface area contributed by atoms with Crippen molar-refractivity contribution < 1.29 is 9.53 Å². The Hall–Kier alpha value is -0.220. The lowest BCUT2D eigenvalue weighted by Crippen LogP contribution is -2.31. The lowest BCUT2D eigenvalue weighted by atomic mass is 10.0. The van der Waals surface area contributed by atoms with Crippen molar-refractivity contribution in [3.05, 3.63) is 0 Å². The van der Waals surface area contributed by atoms with Crippen LogP contribution in [0.25, 0.3) is 0 Å². The third-order valence-electron chi connectivity index (χ3n) is 2.43.